The van der Waals surface area contributed by atoms with E-state index in [2.05, 4.69) is 10.3 Å². The summed E-state index contributed by atoms with van der Waals surface area (Å²) in [6.45, 7) is 2.25. The summed E-state index contributed by atoms with van der Waals surface area (Å²) in [5.41, 5.74) is 3.86. The summed E-state index contributed by atoms with van der Waals surface area (Å²) < 4.78 is 10.7. The van der Waals surface area contributed by atoms with E-state index in [4.69, 9.17) is 9.47 Å². The van der Waals surface area contributed by atoms with Gasteiger partial charge in [0.2, 0.25) is 12.7 Å². The van der Waals surface area contributed by atoms with Gasteiger partial charge in [0.1, 0.15) is 0 Å². The van der Waals surface area contributed by atoms with E-state index < -0.39 is 0 Å². The number of carbonyl (C=O) groups excluding carboxylic acids is 1. The van der Waals surface area contributed by atoms with E-state index in [1.54, 1.807) is 11.3 Å². The summed E-state index contributed by atoms with van der Waals surface area (Å²) >= 11 is 1.63. The predicted molar refractivity (Wildman–Crippen MR) is 102 cm³/mol. The molecule has 0 spiro atoms. The van der Waals surface area contributed by atoms with Crippen molar-refractivity contribution in [3.63, 3.8) is 0 Å². The molecule has 2 aromatic carbocycles. The maximum atomic E-state index is 12.2. The number of anilines is 1. The van der Waals surface area contributed by atoms with Gasteiger partial charge in [0, 0.05) is 23.1 Å². The Morgan fingerprint density at radius 2 is 1.96 bits per heavy atom. The second-order valence-corrected chi connectivity index (χ2v) is 7.13. The number of aromatic nitrogens is 1. The lowest BCUT2D eigenvalue weighted by Crippen LogP contribution is -2.12. The van der Waals surface area contributed by atoms with Crippen molar-refractivity contribution in [2.24, 2.45) is 0 Å². The zero-order chi connectivity index (χ0) is 17.9. The molecule has 2 heterocycles. The van der Waals surface area contributed by atoms with Crippen molar-refractivity contribution in [2.45, 2.75) is 19.8 Å². The van der Waals surface area contributed by atoms with Crippen molar-refractivity contribution in [3.05, 3.63) is 58.4 Å². The van der Waals surface area contributed by atoms with Crippen molar-refractivity contribution in [2.75, 3.05) is 12.1 Å². The molecule has 0 aliphatic carbocycles. The highest BCUT2D eigenvalue weighted by Crippen LogP contribution is 2.32. The average molecular weight is 366 g/mol. The van der Waals surface area contributed by atoms with Crippen molar-refractivity contribution in [1.29, 1.82) is 0 Å². The first-order chi connectivity index (χ1) is 12.7. The van der Waals surface area contributed by atoms with Crippen LogP contribution in [0.5, 0.6) is 11.5 Å². The number of amides is 1. The molecule has 0 saturated carbocycles. The van der Waals surface area contributed by atoms with Gasteiger partial charge in [-0.1, -0.05) is 18.2 Å². The quantitative estimate of drug-likeness (QED) is 0.726. The molecule has 0 bridgehead atoms. The van der Waals surface area contributed by atoms with Gasteiger partial charge in [0.15, 0.2) is 11.5 Å². The number of ether oxygens (including phenoxy) is 2. The summed E-state index contributed by atoms with van der Waals surface area (Å²) in [5.74, 6) is 1.49. The monoisotopic (exact) mass is 366 g/mol. The van der Waals surface area contributed by atoms with Crippen molar-refractivity contribution in [1.82, 2.24) is 4.98 Å². The molecule has 0 unspecified atom stereocenters. The summed E-state index contributed by atoms with van der Waals surface area (Å²) in [5, 5.41) is 6.01. The number of hydrogen-bond donors (Lipinski definition) is 1. The molecule has 1 aliphatic heterocycles. The van der Waals surface area contributed by atoms with E-state index in [1.165, 1.54) is 0 Å². The summed E-state index contributed by atoms with van der Waals surface area (Å²) in [4.78, 5) is 16.7. The lowest BCUT2D eigenvalue weighted by molar-refractivity contribution is -0.116. The molecule has 1 N–H and O–H groups in total. The highest BCUT2D eigenvalue weighted by molar-refractivity contribution is 7.09. The number of aryl methyl sites for hydroxylation is 2. The summed E-state index contributed by atoms with van der Waals surface area (Å²) in [7, 11) is 0. The van der Waals surface area contributed by atoms with Crippen LogP contribution in [0.4, 0.5) is 5.69 Å². The second kappa shape index (κ2) is 7.17. The maximum Gasteiger partial charge on any atom is 0.231 e. The fraction of sp³-hybridized carbons (Fsp3) is 0.200. The largest absolute Gasteiger partial charge is 0.454 e. The molecule has 0 atom stereocenters. The van der Waals surface area contributed by atoms with Crippen LogP contribution in [0.1, 0.15) is 17.0 Å². The summed E-state index contributed by atoms with van der Waals surface area (Å²) in [6, 6.07) is 13.5. The minimum absolute atomic E-state index is 0.0140. The fourth-order valence-electron chi connectivity index (χ4n) is 2.80. The minimum Gasteiger partial charge on any atom is -0.454 e. The SMILES string of the molecule is Cc1nc(-c2ccc(NC(=O)CCc3ccc4c(c3)OCO4)cc2)cs1. The molecule has 1 aliphatic rings. The molecule has 6 heteroatoms. The Balaban J connectivity index is 1.33. The Labute approximate surface area is 155 Å². The van der Waals surface area contributed by atoms with Crippen molar-refractivity contribution in [3.8, 4) is 22.8 Å². The Hall–Kier alpha value is -2.86. The number of carbonyl (C=O) groups is 1. The standard InChI is InChI=1S/C20H18N2O3S/c1-13-21-17(11-26-13)15-4-6-16(7-5-15)22-20(23)9-3-14-2-8-18-19(10-14)25-12-24-18/h2,4-8,10-11H,3,9,12H2,1H3,(H,22,23). The molecule has 26 heavy (non-hydrogen) atoms. The number of fused-ring (bicyclic) bond motifs is 1. The van der Waals surface area contributed by atoms with Gasteiger partial charge in [-0.2, -0.15) is 0 Å². The van der Waals surface area contributed by atoms with Crippen LogP contribution in [0.3, 0.4) is 0 Å². The van der Waals surface area contributed by atoms with Crippen LogP contribution in [0, 0.1) is 6.92 Å². The van der Waals surface area contributed by atoms with Crippen LogP contribution in [-0.4, -0.2) is 17.7 Å². The highest BCUT2D eigenvalue weighted by Gasteiger charge is 2.13. The number of benzene rings is 2. The molecule has 5 nitrogen and oxygen atoms in total. The normalized spacial score (nSPS) is 12.2. The smallest absolute Gasteiger partial charge is 0.231 e. The molecule has 4 rings (SSSR count). The molecule has 0 saturated heterocycles. The highest BCUT2D eigenvalue weighted by atomic mass is 32.1. The van der Waals surface area contributed by atoms with Crippen LogP contribution < -0.4 is 14.8 Å². The summed E-state index contributed by atoms with van der Waals surface area (Å²) in [6.07, 6.45) is 1.06. The Bertz CT molecular complexity index is 934. The van der Waals surface area contributed by atoms with Gasteiger partial charge in [0.25, 0.3) is 0 Å². The fourth-order valence-corrected chi connectivity index (χ4v) is 3.42. The van der Waals surface area contributed by atoms with E-state index >= 15 is 0 Å². The van der Waals surface area contributed by atoms with E-state index in [-0.39, 0.29) is 12.7 Å². The molecular formula is C20H18N2O3S. The Kier molecular flexibility index (Phi) is 4.58. The van der Waals surface area contributed by atoms with Crippen LogP contribution in [0.15, 0.2) is 47.8 Å². The molecule has 1 amide bonds. The van der Waals surface area contributed by atoms with Gasteiger partial charge in [0.05, 0.1) is 10.7 Å². The molecule has 1 aromatic heterocycles. The Morgan fingerprint density at radius 3 is 2.73 bits per heavy atom. The van der Waals surface area contributed by atoms with Crippen molar-refractivity contribution < 1.29 is 14.3 Å². The van der Waals surface area contributed by atoms with Gasteiger partial charge in [-0.15, -0.1) is 11.3 Å². The van der Waals surface area contributed by atoms with Crippen LogP contribution in [0.2, 0.25) is 0 Å². The third kappa shape index (κ3) is 3.70. The number of thiazole rings is 1. The lowest BCUT2D eigenvalue weighted by atomic mass is 10.1. The molecule has 0 radical (unpaired) electrons. The van der Waals surface area contributed by atoms with Crippen LogP contribution >= 0.6 is 11.3 Å². The van der Waals surface area contributed by atoms with Crippen molar-refractivity contribution >= 4 is 22.9 Å². The van der Waals surface area contributed by atoms with Gasteiger partial charge < -0.3 is 14.8 Å². The number of hydrogen-bond acceptors (Lipinski definition) is 5. The van der Waals surface area contributed by atoms with E-state index in [9.17, 15) is 4.79 Å². The second-order valence-electron chi connectivity index (χ2n) is 6.06. The van der Waals surface area contributed by atoms with Crippen LogP contribution in [0.25, 0.3) is 11.3 Å². The topological polar surface area (TPSA) is 60.5 Å². The maximum absolute atomic E-state index is 12.2. The molecule has 132 valence electrons. The van der Waals surface area contributed by atoms with E-state index in [0.717, 1.165) is 39.0 Å². The van der Waals surface area contributed by atoms with Gasteiger partial charge in [-0.25, -0.2) is 4.98 Å². The van der Waals surface area contributed by atoms with E-state index in [0.29, 0.717) is 12.8 Å². The first-order valence-corrected chi connectivity index (χ1v) is 9.26. The molecule has 3 aromatic rings. The minimum atomic E-state index is -0.0140. The number of rotatable bonds is 5. The van der Waals surface area contributed by atoms with Gasteiger partial charge in [-0.05, 0) is 43.2 Å². The predicted octanol–water partition coefficient (Wildman–Crippen LogP) is 4.42. The van der Waals surface area contributed by atoms with E-state index in [1.807, 2.05) is 54.8 Å². The third-order valence-corrected chi connectivity index (χ3v) is 4.93. The third-order valence-electron chi connectivity index (χ3n) is 4.16. The van der Waals surface area contributed by atoms with Crippen LogP contribution in [-0.2, 0) is 11.2 Å². The molecular weight excluding hydrogens is 348 g/mol. The zero-order valence-corrected chi connectivity index (χ0v) is 15.1. The molecule has 0 fully saturated rings. The Morgan fingerprint density at radius 1 is 1.15 bits per heavy atom. The first kappa shape index (κ1) is 16.6. The van der Waals surface area contributed by atoms with Gasteiger partial charge >= 0.3 is 0 Å². The zero-order valence-electron chi connectivity index (χ0n) is 14.3. The first-order valence-electron chi connectivity index (χ1n) is 8.38. The average Bonchev–Trinajstić information content (AvgIpc) is 3.29. The lowest BCUT2D eigenvalue weighted by Gasteiger charge is -2.07. The number of nitrogens with zero attached hydrogens (tertiary/aromatic N) is 1. The number of nitrogens with one attached hydrogen (secondary N) is 1. The van der Waals surface area contributed by atoms with Gasteiger partial charge in [-0.3, -0.25) is 4.79 Å².